The van der Waals surface area contributed by atoms with Crippen LogP contribution in [-0.4, -0.2) is 19.6 Å². The first-order valence-corrected chi connectivity index (χ1v) is 5.46. The van der Waals surface area contributed by atoms with Crippen LogP contribution in [-0.2, 0) is 6.42 Å². The van der Waals surface area contributed by atoms with Gasteiger partial charge in [-0.25, -0.2) is 4.39 Å². The molecule has 0 aliphatic heterocycles. The van der Waals surface area contributed by atoms with Gasteiger partial charge in [0.2, 0.25) is 0 Å². The van der Waals surface area contributed by atoms with Gasteiger partial charge >= 0.3 is 0 Å². The van der Waals surface area contributed by atoms with Gasteiger partial charge in [-0.3, -0.25) is 0 Å². The van der Waals surface area contributed by atoms with Gasteiger partial charge in [0.05, 0.1) is 0 Å². The molecular weight excluding hydrogens is 215 g/mol. The molecule has 0 atom stereocenters. The Morgan fingerprint density at radius 3 is 2.80 bits per heavy atom. The summed E-state index contributed by atoms with van der Waals surface area (Å²) in [7, 11) is 0. The van der Waals surface area contributed by atoms with Gasteiger partial charge in [-0.2, -0.15) is 0 Å². The van der Waals surface area contributed by atoms with Crippen LogP contribution >= 0.6 is 11.6 Å². The average molecular weight is 231 g/mol. The Morgan fingerprint density at radius 1 is 1.33 bits per heavy atom. The molecule has 15 heavy (non-hydrogen) atoms. The number of rotatable bonds is 6. The second kappa shape index (κ2) is 6.77. The van der Waals surface area contributed by atoms with Crippen molar-refractivity contribution in [2.24, 2.45) is 5.73 Å². The minimum atomic E-state index is -0.221. The van der Waals surface area contributed by atoms with Crippen molar-refractivity contribution < 1.29 is 4.39 Å². The number of aryl methyl sites for hydroxylation is 1. The SMILES string of the molecule is NCCNCCCc1ccc(Cl)cc1F. The van der Waals surface area contributed by atoms with Crippen molar-refractivity contribution in [2.75, 3.05) is 19.6 Å². The van der Waals surface area contributed by atoms with Crippen molar-refractivity contribution in [2.45, 2.75) is 12.8 Å². The van der Waals surface area contributed by atoms with Gasteiger partial charge < -0.3 is 11.1 Å². The smallest absolute Gasteiger partial charge is 0.127 e. The highest BCUT2D eigenvalue weighted by Crippen LogP contribution is 2.15. The van der Waals surface area contributed by atoms with Gasteiger partial charge in [-0.05, 0) is 37.1 Å². The van der Waals surface area contributed by atoms with Gasteiger partial charge in [0, 0.05) is 18.1 Å². The van der Waals surface area contributed by atoms with E-state index >= 15 is 0 Å². The topological polar surface area (TPSA) is 38.0 Å². The largest absolute Gasteiger partial charge is 0.329 e. The Hall–Kier alpha value is -0.640. The molecule has 1 rings (SSSR count). The summed E-state index contributed by atoms with van der Waals surface area (Å²) < 4.78 is 13.3. The number of nitrogens with two attached hydrogens (primary N) is 1. The lowest BCUT2D eigenvalue weighted by molar-refractivity contribution is 0.594. The van der Waals surface area contributed by atoms with Crippen molar-refractivity contribution in [3.8, 4) is 0 Å². The summed E-state index contributed by atoms with van der Waals surface area (Å²) in [6.45, 7) is 2.30. The first-order valence-electron chi connectivity index (χ1n) is 5.08. The van der Waals surface area contributed by atoms with E-state index in [1.807, 2.05) is 0 Å². The van der Waals surface area contributed by atoms with Crippen molar-refractivity contribution in [1.29, 1.82) is 0 Å². The number of hydrogen-bond donors (Lipinski definition) is 2. The maximum Gasteiger partial charge on any atom is 0.127 e. The Kier molecular flexibility index (Phi) is 5.61. The number of halogens is 2. The molecule has 0 amide bonds. The first-order chi connectivity index (χ1) is 7.24. The van der Waals surface area contributed by atoms with E-state index in [1.165, 1.54) is 6.07 Å². The van der Waals surface area contributed by atoms with Gasteiger partial charge in [0.15, 0.2) is 0 Å². The predicted octanol–water partition coefficient (Wildman–Crippen LogP) is 1.96. The summed E-state index contributed by atoms with van der Waals surface area (Å²) in [4.78, 5) is 0. The molecule has 0 saturated carbocycles. The number of benzene rings is 1. The normalized spacial score (nSPS) is 10.6. The zero-order chi connectivity index (χ0) is 11.1. The molecule has 84 valence electrons. The van der Waals surface area contributed by atoms with Crippen LogP contribution < -0.4 is 11.1 Å². The second-order valence-electron chi connectivity index (χ2n) is 3.38. The van der Waals surface area contributed by atoms with Crippen LogP contribution in [0.3, 0.4) is 0 Å². The fraction of sp³-hybridized carbons (Fsp3) is 0.455. The third-order valence-electron chi connectivity index (χ3n) is 2.14. The summed E-state index contributed by atoms with van der Waals surface area (Å²) in [6, 6.07) is 4.80. The summed E-state index contributed by atoms with van der Waals surface area (Å²) in [5.41, 5.74) is 6.04. The number of nitrogens with one attached hydrogen (secondary N) is 1. The molecule has 1 aromatic carbocycles. The summed E-state index contributed by atoms with van der Waals surface area (Å²) in [5, 5.41) is 3.60. The standard InChI is InChI=1S/C11H16ClFN2/c12-10-4-3-9(11(13)8-10)2-1-6-15-7-5-14/h3-4,8,15H,1-2,5-7,14H2. The van der Waals surface area contributed by atoms with Crippen LogP contribution in [0.1, 0.15) is 12.0 Å². The quantitative estimate of drug-likeness (QED) is 0.734. The van der Waals surface area contributed by atoms with Crippen molar-refractivity contribution in [3.63, 3.8) is 0 Å². The zero-order valence-corrected chi connectivity index (χ0v) is 9.36. The fourth-order valence-corrected chi connectivity index (χ4v) is 1.51. The van der Waals surface area contributed by atoms with Crippen LogP contribution in [0.5, 0.6) is 0 Å². The predicted molar refractivity (Wildman–Crippen MR) is 61.7 cm³/mol. The maximum atomic E-state index is 13.3. The van der Waals surface area contributed by atoms with Crippen LogP contribution in [0.4, 0.5) is 4.39 Å². The Morgan fingerprint density at radius 2 is 2.13 bits per heavy atom. The third kappa shape index (κ3) is 4.60. The summed E-state index contributed by atoms with van der Waals surface area (Å²) in [5.74, 6) is -0.221. The van der Waals surface area contributed by atoms with Crippen LogP contribution in [0, 0.1) is 5.82 Å². The highest BCUT2D eigenvalue weighted by molar-refractivity contribution is 6.30. The monoisotopic (exact) mass is 230 g/mol. The van der Waals surface area contributed by atoms with Crippen LogP contribution in [0.2, 0.25) is 5.02 Å². The summed E-state index contributed by atoms with van der Waals surface area (Å²) in [6.07, 6.45) is 1.62. The Balaban J connectivity index is 2.31. The summed E-state index contributed by atoms with van der Waals surface area (Å²) >= 11 is 5.65. The average Bonchev–Trinajstić information content (AvgIpc) is 2.20. The highest BCUT2D eigenvalue weighted by atomic mass is 35.5. The van der Waals surface area contributed by atoms with Crippen molar-refractivity contribution >= 4 is 11.6 Å². The van der Waals surface area contributed by atoms with Gasteiger partial charge in [0.25, 0.3) is 0 Å². The molecule has 0 radical (unpaired) electrons. The molecule has 0 aliphatic carbocycles. The van der Waals surface area contributed by atoms with Gasteiger partial charge in [0.1, 0.15) is 5.82 Å². The van der Waals surface area contributed by atoms with E-state index < -0.39 is 0 Å². The van der Waals surface area contributed by atoms with Crippen LogP contribution in [0.15, 0.2) is 18.2 Å². The van der Waals surface area contributed by atoms with E-state index in [0.29, 0.717) is 17.1 Å². The van der Waals surface area contributed by atoms with Crippen molar-refractivity contribution in [3.05, 3.63) is 34.6 Å². The van der Waals surface area contributed by atoms with E-state index in [9.17, 15) is 4.39 Å². The highest BCUT2D eigenvalue weighted by Gasteiger charge is 2.01. The van der Waals surface area contributed by atoms with E-state index in [1.54, 1.807) is 12.1 Å². The molecule has 2 nitrogen and oxygen atoms in total. The molecule has 0 saturated heterocycles. The molecule has 0 heterocycles. The molecule has 0 bridgehead atoms. The molecule has 0 fully saturated rings. The van der Waals surface area contributed by atoms with Crippen molar-refractivity contribution in [1.82, 2.24) is 5.32 Å². The van der Waals surface area contributed by atoms with E-state index in [2.05, 4.69) is 5.32 Å². The molecule has 1 aromatic rings. The minimum absolute atomic E-state index is 0.221. The zero-order valence-electron chi connectivity index (χ0n) is 8.60. The lowest BCUT2D eigenvalue weighted by Crippen LogP contribution is -2.23. The Labute approximate surface area is 94.6 Å². The molecule has 3 N–H and O–H groups in total. The lowest BCUT2D eigenvalue weighted by atomic mass is 10.1. The third-order valence-corrected chi connectivity index (χ3v) is 2.37. The Bertz CT molecular complexity index is 305. The van der Waals surface area contributed by atoms with E-state index in [-0.39, 0.29) is 5.82 Å². The fourth-order valence-electron chi connectivity index (χ4n) is 1.36. The minimum Gasteiger partial charge on any atom is -0.329 e. The molecule has 0 spiro atoms. The second-order valence-corrected chi connectivity index (χ2v) is 3.81. The molecular formula is C11H16ClFN2. The molecule has 0 unspecified atom stereocenters. The van der Waals surface area contributed by atoms with Crippen LogP contribution in [0.25, 0.3) is 0 Å². The van der Waals surface area contributed by atoms with Gasteiger partial charge in [-0.1, -0.05) is 17.7 Å². The van der Waals surface area contributed by atoms with E-state index in [4.69, 9.17) is 17.3 Å². The lowest BCUT2D eigenvalue weighted by Gasteiger charge is -2.04. The first kappa shape index (κ1) is 12.4. The van der Waals surface area contributed by atoms with E-state index in [0.717, 1.165) is 25.9 Å². The molecule has 4 heteroatoms. The molecule has 0 aliphatic rings. The maximum absolute atomic E-state index is 13.3. The van der Waals surface area contributed by atoms with Gasteiger partial charge in [-0.15, -0.1) is 0 Å². The number of hydrogen-bond acceptors (Lipinski definition) is 2. The molecule has 0 aromatic heterocycles.